The van der Waals surface area contributed by atoms with E-state index in [-0.39, 0.29) is 11.8 Å². The van der Waals surface area contributed by atoms with E-state index < -0.39 is 0 Å². The van der Waals surface area contributed by atoms with Crippen molar-refractivity contribution in [1.29, 1.82) is 0 Å². The van der Waals surface area contributed by atoms with E-state index in [0.29, 0.717) is 0 Å². The molecule has 0 saturated heterocycles. The number of carbonyl (C=O) groups excluding carboxylic acids is 1. The second-order valence-corrected chi connectivity index (χ2v) is 3.85. The largest absolute Gasteiger partial charge is 0.325 e. The molecule has 0 unspecified atom stereocenters. The average molecular weight is 243 g/mol. The molecule has 1 aromatic rings. The molecule has 0 spiro atoms. The van der Waals surface area contributed by atoms with Crippen LogP contribution in [0.4, 0.5) is 5.69 Å². The molecule has 4 heteroatoms. The zero-order valence-corrected chi connectivity index (χ0v) is 9.13. The van der Waals surface area contributed by atoms with Gasteiger partial charge in [-0.25, -0.2) is 0 Å². The summed E-state index contributed by atoms with van der Waals surface area (Å²) in [6.45, 7) is 3.70. The first-order valence-electron chi connectivity index (χ1n) is 4.01. The number of nitrogens with zero attached hydrogens (tertiary/aromatic N) is 1. The van der Waals surface area contributed by atoms with Gasteiger partial charge in [0.25, 0.3) is 0 Å². The van der Waals surface area contributed by atoms with Crippen LogP contribution in [0.3, 0.4) is 0 Å². The molecule has 1 rings (SSSR count). The molecule has 13 heavy (non-hydrogen) atoms. The van der Waals surface area contributed by atoms with E-state index in [0.717, 1.165) is 10.2 Å². The average Bonchev–Trinajstić information content (AvgIpc) is 2.08. The zero-order valence-electron chi connectivity index (χ0n) is 7.54. The quantitative estimate of drug-likeness (QED) is 0.866. The highest BCUT2D eigenvalue weighted by molar-refractivity contribution is 9.10. The van der Waals surface area contributed by atoms with Crippen LogP contribution in [-0.2, 0) is 4.79 Å². The maximum Gasteiger partial charge on any atom is 0.226 e. The maximum atomic E-state index is 11.3. The Kier molecular flexibility index (Phi) is 3.42. The highest BCUT2D eigenvalue weighted by Crippen LogP contribution is 2.20. The van der Waals surface area contributed by atoms with Crippen molar-refractivity contribution in [2.45, 2.75) is 13.8 Å². The van der Waals surface area contributed by atoms with Crippen molar-refractivity contribution in [2.75, 3.05) is 5.32 Å². The lowest BCUT2D eigenvalue weighted by Crippen LogP contribution is -2.17. The summed E-state index contributed by atoms with van der Waals surface area (Å²) < 4.78 is 0.795. The number of halogens is 1. The summed E-state index contributed by atoms with van der Waals surface area (Å²) in [7, 11) is 0. The number of amides is 1. The third-order valence-corrected chi connectivity index (χ3v) is 2.19. The van der Waals surface area contributed by atoms with Gasteiger partial charge in [0, 0.05) is 18.3 Å². The fraction of sp³-hybridized carbons (Fsp3) is 0.333. The topological polar surface area (TPSA) is 42.0 Å². The van der Waals surface area contributed by atoms with E-state index in [9.17, 15) is 4.79 Å². The third-order valence-electron chi connectivity index (χ3n) is 1.55. The number of hydrogen-bond donors (Lipinski definition) is 1. The molecule has 0 fully saturated rings. The summed E-state index contributed by atoms with van der Waals surface area (Å²) in [6.07, 6.45) is 3.29. The van der Waals surface area contributed by atoms with Gasteiger partial charge in [-0.15, -0.1) is 0 Å². The van der Waals surface area contributed by atoms with Crippen LogP contribution in [-0.4, -0.2) is 10.9 Å². The van der Waals surface area contributed by atoms with Crippen LogP contribution in [0.15, 0.2) is 22.9 Å². The minimum Gasteiger partial charge on any atom is -0.325 e. The lowest BCUT2D eigenvalue weighted by Gasteiger charge is -2.08. The van der Waals surface area contributed by atoms with Crippen LogP contribution >= 0.6 is 15.9 Å². The van der Waals surface area contributed by atoms with Gasteiger partial charge in [-0.05, 0) is 22.0 Å². The van der Waals surface area contributed by atoms with Gasteiger partial charge in [-0.3, -0.25) is 9.78 Å². The lowest BCUT2D eigenvalue weighted by molar-refractivity contribution is -0.118. The summed E-state index contributed by atoms with van der Waals surface area (Å²) >= 11 is 3.30. The molecule has 1 heterocycles. The van der Waals surface area contributed by atoms with E-state index in [1.54, 1.807) is 18.5 Å². The molecule has 0 aliphatic carbocycles. The number of nitrogens with one attached hydrogen (secondary N) is 1. The number of pyridine rings is 1. The van der Waals surface area contributed by atoms with E-state index in [1.165, 1.54) is 0 Å². The third kappa shape index (κ3) is 2.81. The molecule has 0 aliphatic heterocycles. The number of anilines is 1. The van der Waals surface area contributed by atoms with Gasteiger partial charge in [0.1, 0.15) is 0 Å². The molecule has 1 N–H and O–H groups in total. The van der Waals surface area contributed by atoms with Gasteiger partial charge in [0.05, 0.1) is 10.2 Å². The van der Waals surface area contributed by atoms with Crippen LogP contribution in [0.1, 0.15) is 13.8 Å². The van der Waals surface area contributed by atoms with Crippen LogP contribution < -0.4 is 5.32 Å². The van der Waals surface area contributed by atoms with Crippen molar-refractivity contribution in [1.82, 2.24) is 4.98 Å². The Morgan fingerprint density at radius 3 is 2.85 bits per heavy atom. The maximum absolute atomic E-state index is 11.3. The molecule has 1 amide bonds. The number of rotatable bonds is 2. The van der Waals surface area contributed by atoms with Gasteiger partial charge >= 0.3 is 0 Å². The Morgan fingerprint density at radius 2 is 2.31 bits per heavy atom. The van der Waals surface area contributed by atoms with Crippen LogP contribution in [0, 0.1) is 5.92 Å². The summed E-state index contributed by atoms with van der Waals surface area (Å²) in [5.41, 5.74) is 0.758. The fourth-order valence-corrected chi connectivity index (χ4v) is 1.10. The molecular formula is C9H11BrN2O. The molecule has 70 valence electrons. The van der Waals surface area contributed by atoms with Crippen molar-refractivity contribution >= 4 is 27.5 Å². The number of hydrogen-bond acceptors (Lipinski definition) is 2. The Balaban J connectivity index is 2.75. The minimum atomic E-state index is -0.0138. The summed E-state index contributed by atoms with van der Waals surface area (Å²) in [5, 5.41) is 2.78. The zero-order chi connectivity index (χ0) is 9.84. The first kappa shape index (κ1) is 10.2. The fourth-order valence-electron chi connectivity index (χ4n) is 0.754. The highest BCUT2D eigenvalue weighted by atomic mass is 79.9. The van der Waals surface area contributed by atoms with Gasteiger partial charge in [0.2, 0.25) is 5.91 Å². The van der Waals surface area contributed by atoms with E-state index in [2.05, 4.69) is 26.2 Å². The molecule has 1 aromatic heterocycles. The van der Waals surface area contributed by atoms with Gasteiger partial charge < -0.3 is 5.32 Å². The lowest BCUT2D eigenvalue weighted by atomic mass is 10.2. The molecule has 0 atom stereocenters. The first-order chi connectivity index (χ1) is 6.11. The molecule has 3 nitrogen and oxygen atoms in total. The summed E-state index contributed by atoms with van der Waals surface area (Å²) in [6, 6.07) is 1.75. The van der Waals surface area contributed by atoms with Crippen molar-refractivity contribution < 1.29 is 4.79 Å². The Hall–Kier alpha value is -0.900. The Bertz CT molecular complexity index is 312. The highest BCUT2D eigenvalue weighted by Gasteiger charge is 2.08. The SMILES string of the molecule is CC(C)C(=O)Nc1ccncc1Br. The van der Waals surface area contributed by atoms with Crippen LogP contribution in [0.2, 0.25) is 0 Å². The predicted octanol–water partition coefficient (Wildman–Crippen LogP) is 2.44. The Morgan fingerprint density at radius 1 is 1.62 bits per heavy atom. The van der Waals surface area contributed by atoms with E-state index >= 15 is 0 Å². The standard InChI is InChI=1S/C9H11BrN2O/c1-6(2)9(13)12-8-3-4-11-5-7(8)10/h3-6H,1-2H3,(H,11,12,13). The molecule has 0 radical (unpaired) electrons. The molecule has 0 aromatic carbocycles. The van der Waals surface area contributed by atoms with Gasteiger partial charge in [-0.2, -0.15) is 0 Å². The van der Waals surface area contributed by atoms with E-state index in [4.69, 9.17) is 0 Å². The van der Waals surface area contributed by atoms with Gasteiger partial charge in [-0.1, -0.05) is 13.8 Å². The van der Waals surface area contributed by atoms with E-state index in [1.807, 2.05) is 13.8 Å². The van der Waals surface area contributed by atoms with Crippen molar-refractivity contribution in [3.63, 3.8) is 0 Å². The first-order valence-corrected chi connectivity index (χ1v) is 4.81. The van der Waals surface area contributed by atoms with Gasteiger partial charge in [0.15, 0.2) is 0 Å². The number of aromatic nitrogens is 1. The monoisotopic (exact) mass is 242 g/mol. The van der Waals surface area contributed by atoms with Crippen molar-refractivity contribution in [2.24, 2.45) is 5.92 Å². The second-order valence-electron chi connectivity index (χ2n) is 3.00. The smallest absolute Gasteiger partial charge is 0.226 e. The van der Waals surface area contributed by atoms with Crippen LogP contribution in [0.25, 0.3) is 0 Å². The normalized spacial score (nSPS) is 10.2. The second kappa shape index (κ2) is 4.37. The van der Waals surface area contributed by atoms with Crippen molar-refractivity contribution in [3.05, 3.63) is 22.9 Å². The predicted molar refractivity (Wildman–Crippen MR) is 55.4 cm³/mol. The molecule has 0 saturated carbocycles. The van der Waals surface area contributed by atoms with Crippen LogP contribution in [0.5, 0.6) is 0 Å². The van der Waals surface area contributed by atoms with Crippen molar-refractivity contribution in [3.8, 4) is 0 Å². The summed E-state index contributed by atoms with van der Waals surface area (Å²) in [5.74, 6) is -0.00744. The Labute approximate surface area is 85.7 Å². The minimum absolute atomic E-state index is 0.00639. The molecule has 0 bridgehead atoms. The molecular weight excluding hydrogens is 232 g/mol. The molecule has 0 aliphatic rings. The number of carbonyl (C=O) groups is 1. The summed E-state index contributed by atoms with van der Waals surface area (Å²) in [4.78, 5) is 15.2.